The van der Waals surface area contributed by atoms with Crippen LogP contribution in [0.4, 0.5) is 10.5 Å². The molecule has 4 N–H and O–H groups in total. The van der Waals surface area contributed by atoms with Crippen LogP contribution in [0.1, 0.15) is 15.9 Å². The number of carbonyl (C=O) groups excluding carboxylic acids is 2. The molecule has 0 saturated heterocycles. The van der Waals surface area contributed by atoms with Gasteiger partial charge >= 0.3 is 6.03 Å². The fraction of sp³-hybridized carbons (Fsp3) is 0.0667. The molecule has 22 heavy (non-hydrogen) atoms. The maximum Gasteiger partial charge on any atom is 0.337 e. The number of hydrazine groups is 1. The van der Waals surface area contributed by atoms with Crippen LogP contribution in [-0.4, -0.2) is 17.0 Å². The number of urea groups is 1. The van der Waals surface area contributed by atoms with E-state index >= 15 is 0 Å². The topological polar surface area (TPSA) is 90.5 Å². The lowest BCUT2D eigenvalue weighted by Crippen LogP contribution is -2.43. The van der Waals surface area contributed by atoms with Gasteiger partial charge in [-0.15, -0.1) is 0 Å². The summed E-state index contributed by atoms with van der Waals surface area (Å²) in [7, 11) is 0. The molecule has 114 valence electrons. The highest BCUT2D eigenvalue weighted by atomic mass is 35.5. The number of hydrogen-bond acceptors (Lipinski definition) is 3. The van der Waals surface area contributed by atoms with E-state index in [1.54, 1.807) is 18.2 Å². The second-order valence-corrected chi connectivity index (χ2v) is 4.95. The molecular weight excluding hydrogens is 306 g/mol. The summed E-state index contributed by atoms with van der Waals surface area (Å²) in [5.74, 6) is -0.584. The molecule has 0 radical (unpaired) electrons. The van der Waals surface area contributed by atoms with E-state index in [1.165, 1.54) is 24.3 Å². The average molecular weight is 320 g/mol. The molecule has 0 aliphatic heterocycles. The fourth-order valence-corrected chi connectivity index (χ4v) is 1.85. The summed E-state index contributed by atoms with van der Waals surface area (Å²) in [5.41, 5.74) is 6.05. The number of halogens is 1. The molecular formula is C15H14ClN3O3. The van der Waals surface area contributed by atoms with Crippen LogP contribution in [0, 0.1) is 6.92 Å². The molecule has 7 heteroatoms. The highest BCUT2D eigenvalue weighted by molar-refractivity contribution is 6.31. The third-order valence-electron chi connectivity index (χ3n) is 2.83. The lowest BCUT2D eigenvalue weighted by molar-refractivity contribution is 0.0937. The largest absolute Gasteiger partial charge is 0.508 e. The van der Waals surface area contributed by atoms with Gasteiger partial charge in [-0.3, -0.25) is 10.2 Å². The molecule has 0 aliphatic rings. The molecule has 0 aliphatic carbocycles. The van der Waals surface area contributed by atoms with Gasteiger partial charge in [0.05, 0.1) is 0 Å². The van der Waals surface area contributed by atoms with Crippen molar-refractivity contribution < 1.29 is 14.7 Å². The number of phenolic OH excluding ortho intramolecular Hbond substituents is 1. The minimum Gasteiger partial charge on any atom is -0.508 e. The summed E-state index contributed by atoms with van der Waals surface area (Å²) in [4.78, 5) is 23.4. The maximum atomic E-state index is 11.8. The van der Waals surface area contributed by atoms with Crippen molar-refractivity contribution in [2.75, 3.05) is 5.32 Å². The Balaban J connectivity index is 1.90. The standard InChI is InChI=1S/C15H14ClN3O3/c1-9-5-6-11(8-13(9)16)17-15(22)19-18-14(21)10-3-2-4-12(20)7-10/h2-8,20H,1H3,(H,18,21)(H2,17,19,22). The molecule has 2 rings (SSSR count). The zero-order valence-electron chi connectivity index (χ0n) is 11.7. The first kappa shape index (κ1) is 15.7. The second-order valence-electron chi connectivity index (χ2n) is 4.55. The summed E-state index contributed by atoms with van der Waals surface area (Å²) in [6.07, 6.45) is 0. The summed E-state index contributed by atoms with van der Waals surface area (Å²) < 4.78 is 0. The summed E-state index contributed by atoms with van der Waals surface area (Å²) in [5, 5.41) is 12.3. The van der Waals surface area contributed by atoms with Crippen molar-refractivity contribution in [2.45, 2.75) is 6.92 Å². The SMILES string of the molecule is Cc1ccc(NC(=O)NNC(=O)c2cccc(O)c2)cc1Cl. The van der Waals surface area contributed by atoms with Gasteiger partial charge in [0.15, 0.2) is 0 Å². The fourth-order valence-electron chi connectivity index (χ4n) is 1.67. The van der Waals surface area contributed by atoms with Gasteiger partial charge in [-0.2, -0.15) is 0 Å². The Labute approximate surface area is 132 Å². The van der Waals surface area contributed by atoms with Crippen LogP contribution < -0.4 is 16.2 Å². The Kier molecular flexibility index (Phi) is 4.85. The zero-order valence-corrected chi connectivity index (χ0v) is 12.4. The smallest absolute Gasteiger partial charge is 0.337 e. The summed E-state index contributed by atoms with van der Waals surface area (Å²) in [6, 6.07) is 10.2. The van der Waals surface area contributed by atoms with Gasteiger partial charge in [0.1, 0.15) is 5.75 Å². The van der Waals surface area contributed by atoms with Crippen LogP contribution >= 0.6 is 11.6 Å². The number of hydrogen-bond donors (Lipinski definition) is 4. The first-order valence-electron chi connectivity index (χ1n) is 6.38. The van der Waals surface area contributed by atoms with Gasteiger partial charge in [-0.1, -0.05) is 23.7 Å². The van der Waals surface area contributed by atoms with Crippen molar-refractivity contribution in [3.05, 3.63) is 58.6 Å². The third kappa shape index (κ3) is 4.13. The van der Waals surface area contributed by atoms with Gasteiger partial charge in [-0.25, -0.2) is 10.2 Å². The Bertz CT molecular complexity index is 719. The Morgan fingerprint density at radius 2 is 1.86 bits per heavy atom. The number of benzene rings is 2. The van der Waals surface area contributed by atoms with Crippen LogP contribution in [-0.2, 0) is 0 Å². The summed E-state index contributed by atoms with van der Waals surface area (Å²) in [6.45, 7) is 1.85. The first-order valence-corrected chi connectivity index (χ1v) is 6.76. The highest BCUT2D eigenvalue weighted by Gasteiger charge is 2.08. The van der Waals surface area contributed by atoms with Crippen molar-refractivity contribution in [2.24, 2.45) is 0 Å². The molecule has 2 aromatic rings. The number of phenols is 1. The van der Waals surface area contributed by atoms with Gasteiger partial charge in [0, 0.05) is 16.3 Å². The molecule has 0 fully saturated rings. The number of anilines is 1. The van der Waals surface area contributed by atoms with E-state index in [-0.39, 0.29) is 11.3 Å². The number of carbonyl (C=O) groups is 2. The number of nitrogens with one attached hydrogen (secondary N) is 3. The number of aryl methyl sites for hydroxylation is 1. The van der Waals surface area contributed by atoms with Crippen molar-refractivity contribution >= 4 is 29.2 Å². The van der Waals surface area contributed by atoms with E-state index < -0.39 is 11.9 Å². The van der Waals surface area contributed by atoms with E-state index in [1.807, 2.05) is 6.92 Å². The Morgan fingerprint density at radius 3 is 2.55 bits per heavy atom. The van der Waals surface area contributed by atoms with Gasteiger partial charge in [0.2, 0.25) is 0 Å². The average Bonchev–Trinajstić information content (AvgIpc) is 2.48. The highest BCUT2D eigenvalue weighted by Crippen LogP contribution is 2.19. The summed E-state index contributed by atoms with van der Waals surface area (Å²) >= 11 is 5.95. The normalized spacial score (nSPS) is 9.91. The minimum absolute atomic E-state index is 0.0357. The molecule has 0 saturated carbocycles. The predicted molar refractivity (Wildman–Crippen MR) is 83.9 cm³/mol. The van der Waals surface area contributed by atoms with Crippen LogP contribution in [0.2, 0.25) is 5.02 Å². The Morgan fingerprint density at radius 1 is 1.09 bits per heavy atom. The van der Waals surface area contributed by atoms with Crippen LogP contribution in [0.5, 0.6) is 5.75 Å². The van der Waals surface area contributed by atoms with Crippen molar-refractivity contribution in [3.8, 4) is 5.75 Å². The molecule has 0 unspecified atom stereocenters. The second kappa shape index (κ2) is 6.82. The molecule has 0 aromatic heterocycles. The van der Waals surface area contributed by atoms with Gasteiger partial charge in [-0.05, 0) is 42.8 Å². The van der Waals surface area contributed by atoms with Crippen molar-refractivity contribution in [1.29, 1.82) is 0 Å². The van der Waals surface area contributed by atoms with Gasteiger partial charge in [0.25, 0.3) is 5.91 Å². The number of aromatic hydroxyl groups is 1. The molecule has 0 heterocycles. The number of rotatable bonds is 2. The van der Waals surface area contributed by atoms with Crippen LogP contribution in [0.25, 0.3) is 0 Å². The van der Waals surface area contributed by atoms with Crippen molar-refractivity contribution in [1.82, 2.24) is 10.9 Å². The van der Waals surface area contributed by atoms with E-state index in [0.717, 1.165) is 5.56 Å². The zero-order chi connectivity index (χ0) is 16.1. The van der Waals surface area contributed by atoms with E-state index in [9.17, 15) is 14.7 Å². The Hall–Kier alpha value is -2.73. The van der Waals surface area contributed by atoms with Gasteiger partial charge < -0.3 is 10.4 Å². The van der Waals surface area contributed by atoms with E-state index in [2.05, 4.69) is 16.2 Å². The quantitative estimate of drug-likeness (QED) is 0.642. The molecule has 2 aromatic carbocycles. The molecule has 0 atom stereocenters. The molecule has 0 spiro atoms. The monoisotopic (exact) mass is 319 g/mol. The lowest BCUT2D eigenvalue weighted by atomic mass is 10.2. The van der Waals surface area contributed by atoms with Crippen LogP contribution in [0.3, 0.4) is 0 Å². The third-order valence-corrected chi connectivity index (χ3v) is 3.23. The molecule has 3 amide bonds. The first-order chi connectivity index (χ1) is 10.5. The maximum absolute atomic E-state index is 11.8. The minimum atomic E-state index is -0.617. The predicted octanol–water partition coefficient (Wildman–Crippen LogP) is 2.82. The lowest BCUT2D eigenvalue weighted by Gasteiger charge is -2.10. The van der Waals surface area contributed by atoms with Crippen molar-refractivity contribution in [3.63, 3.8) is 0 Å². The van der Waals surface area contributed by atoms with E-state index in [4.69, 9.17) is 11.6 Å². The molecule has 6 nitrogen and oxygen atoms in total. The van der Waals surface area contributed by atoms with E-state index in [0.29, 0.717) is 10.7 Å². The molecule has 0 bridgehead atoms. The van der Waals surface area contributed by atoms with Crippen LogP contribution in [0.15, 0.2) is 42.5 Å². The number of amides is 3.